The summed E-state index contributed by atoms with van der Waals surface area (Å²) in [6.07, 6.45) is 1.74. The van der Waals surface area contributed by atoms with Crippen LogP contribution >= 0.6 is 11.8 Å². The number of aliphatic imine (C=N–C) groups is 1. The van der Waals surface area contributed by atoms with E-state index in [0.717, 1.165) is 16.8 Å². The molecule has 0 fully saturated rings. The Hall–Kier alpha value is -2.99. The third-order valence-electron chi connectivity index (χ3n) is 3.90. The van der Waals surface area contributed by atoms with Crippen LogP contribution in [0.3, 0.4) is 0 Å². The summed E-state index contributed by atoms with van der Waals surface area (Å²) in [4.78, 5) is 17.5. The molecule has 0 bridgehead atoms. The smallest absolute Gasteiger partial charge is 0.344 e. The van der Waals surface area contributed by atoms with Crippen molar-refractivity contribution in [2.75, 3.05) is 6.61 Å². The Bertz CT molecular complexity index is 958. The molecule has 138 valence electrons. The number of rotatable bonds is 4. The second-order valence-corrected chi connectivity index (χ2v) is 6.88. The number of carbonyl (C=O) groups excluding carboxylic acids is 1. The van der Waals surface area contributed by atoms with Gasteiger partial charge < -0.3 is 14.9 Å². The Kier molecular flexibility index (Phi) is 5.66. The number of thioether (sulfide) groups is 1. The van der Waals surface area contributed by atoms with Crippen LogP contribution in [0.4, 0.5) is 5.69 Å². The number of aromatic hydroxyl groups is 1. The van der Waals surface area contributed by atoms with Gasteiger partial charge in [0.1, 0.15) is 22.1 Å². The van der Waals surface area contributed by atoms with Crippen LogP contribution in [0.25, 0.3) is 6.08 Å². The monoisotopic (exact) mass is 381 g/mol. The molecule has 0 aliphatic carbocycles. The number of ether oxygens (including phenoxy) is 1. The van der Waals surface area contributed by atoms with Crippen LogP contribution in [0.15, 0.2) is 69.8 Å². The molecule has 1 aliphatic rings. The van der Waals surface area contributed by atoms with Gasteiger partial charge >= 0.3 is 5.97 Å². The molecule has 1 heterocycles. The van der Waals surface area contributed by atoms with Crippen LogP contribution in [0, 0.1) is 6.92 Å². The fourth-order valence-corrected chi connectivity index (χ4v) is 3.54. The second-order valence-electron chi connectivity index (χ2n) is 5.85. The average Bonchev–Trinajstić information content (AvgIpc) is 2.94. The molecule has 0 aromatic heterocycles. The van der Waals surface area contributed by atoms with E-state index in [1.807, 2.05) is 31.2 Å². The molecule has 0 atom stereocenters. The van der Waals surface area contributed by atoms with Crippen LogP contribution in [0.1, 0.15) is 18.1 Å². The number of aliphatic hydroxyl groups excluding tert-OH is 1. The van der Waals surface area contributed by atoms with Crippen molar-refractivity contribution >= 4 is 34.5 Å². The number of aryl methyl sites for hydroxylation is 1. The fourth-order valence-electron chi connectivity index (χ4n) is 2.51. The topological polar surface area (TPSA) is 79.1 Å². The molecule has 0 saturated carbocycles. The summed E-state index contributed by atoms with van der Waals surface area (Å²) in [7, 11) is 0. The van der Waals surface area contributed by atoms with E-state index in [2.05, 4.69) is 4.99 Å². The van der Waals surface area contributed by atoms with Crippen LogP contribution in [-0.2, 0) is 9.53 Å². The number of nitrogens with zero attached hydrogens (tertiary/aromatic N) is 1. The number of esters is 1. The van der Waals surface area contributed by atoms with E-state index in [-0.39, 0.29) is 23.7 Å². The standard InChI is InChI=1S/C21H19NO4S/c1-3-26-21(25)18-19(24)17(12-14-8-10-15(23)11-9-14)27-20(18)22-16-7-5-4-6-13(16)2/h4-12,23-24H,3H2,1-2H3. The zero-order chi connectivity index (χ0) is 19.4. The summed E-state index contributed by atoms with van der Waals surface area (Å²) in [6.45, 7) is 3.84. The van der Waals surface area contributed by atoms with Gasteiger partial charge in [-0.15, -0.1) is 0 Å². The average molecular weight is 381 g/mol. The van der Waals surface area contributed by atoms with Gasteiger partial charge in [0, 0.05) is 0 Å². The van der Waals surface area contributed by atoms with Crippen molar-refractivity contribution in [2.24, 2.45) is 4.99 Å². The van der Waals surface area contributed by atoms with E-state index in [0.29, 0.717) is 9.95 Å². The third kappa shape index (κ3) is 4.23. The lowest BCUT2D eigenvalue weighted by Crippen LogP contribution is -2.12. The zero-order valence-electron chi connectivity index (χ0n) is 15.0. The maximum absolute atomic E-state index is 12.4. The molecule has 0 unspecified atom stereocenters. The minimum absolute atomic E-state index is 0.0649. The number of phenolic OH excluding ortho intramolecular Hbond substituents is 1. The van der Waals surface area contributed by atoms with Crippen molar-refractivity contribution in [1.82, 2.24) is 0 Å². The Morgan fingerprint density at radius 3 is 2.52 bits per heavy atom. The molecule has 2 aromatic carbocycles. The quantitative estimate of drug-likeness (QED) is 0.737. The first-order chi connectivity index (χ1) is 13.0. The predicted molar refractivity (Wildman–Crippen MR) is 108 cm³/mol. The summed E-state index contributed by atoms with van der Waals surface area (Å²) in [5.41, 5.74) is 2.53. The molecule has 5 nitrogen and oxygen atoms in total. The van der Waals surface area contributed by atoms with Crippen molar-refractivity contribution in [3.8, 4) is 5.75 Å². The Morgan fingerprint density at radius 2 is 1.85 bits per heavy atom. The number of hydrogen-bond donors (Lipinski definition) is 2. The molecule has 2 N–H and O–H groups in total. The van der Waals surface area contributed by atoms with Crippen molar-refractivity contribution < 1.29 is 19.7 Å². The molecule has 0 radical (unpaired) electrons. The number of hydrogen-bond acceptors (Lipinski definition) is 6. The number of carbonyl (C=O) groups is 1. The van der Waals surface area contributed by atoms with Crippen molar-refractivity contribution in [2.45, 2.75) is 13.8 Å². The lowest BCUT2D eigenvalue weighted by Gasteiger charge is -2.05. The van der Waals surface area contributed by atoms with Crippen molar-refractivity contribution in [3.05, 3.63) is 75.9 Å². The van der Waals surface area contributed by atoms with Gasteiger partial charge in [-0.2, -0.15) is 0 Å². The Labute approximate surface area is 161 Å². The highest BCUT2D eigenvalue weighted by Gasteiger charge is 2.33. The molecular formula is C21H19NO4S. The van der Waals surface area contributed by atoms with Crippen LogP contribution in [-0.4, -0.2) is 27.8 Å². The number of phenols is 1. The van der Waals surface area contributed by atoms with Gasteiger partial charge in [0.15, 0.2) is 0 Å². The highest BCUT2D eigenvalue weighted by Crippen LogP contribution is 2.40. The largest absolute Gasteiger partial charge is 0.508 e. The minimum atomic E-state index is -0.607. The van der Waals surface area contributed by atoms with Gasteiger partial charge in [-0.3, -0.25) is 0 Å². The van der Waals surface area contributed by atoms with E-state index in [1.165, 1.54) is 11.8 Å². The van der Waals surface area contributed by atoms with Gasteiger partial charge in [0.05, 0.1) is 17.2 Å². The van der Waals surface area contributed by atoms with E-state index >= 15 is 0 Å². The minimum Gasteiger partial charge on any atom is -0.508 e. The zero-order valence-corrected chi connectivity index (χ0v) is 15.8. The molecule has 6 heteroatoms. The molecule has 1 aliphatic heterocycles. The number of benzene rings is 2. The van der Waals surface area contributed by atoms with Gasteiger partial charge in [-0.05, 0) is 49.2 Å². The summed E-state index contributed by atoms with van der Waals surface area (Å²) in [5.74, 6) is -0.604. The van der Waals surface area contributed by atoms with Crippen molar-refractivity contribution in [3.63, 3.8) is 0 Å². The van der Waals surface area contributed by atoms with Crippen molar-refractivity contribution in [1.29, 1.82) is 0 Å². The number of aliphatic hydroxyl groups is 1. The Balaban J connectivity index is 2.05. The maximum Gasteiger partial charge on any atom is 0.344 e. The van der Waals surface area contributed by atoms with Crippen LogP contribution in [0.5, 0.6) is 5.75 Å². The highest BCUT2D eigenvalue weighted by molar-refractivity contribution is 8.18. The fraction of sp³-hybridized carbons (Fsp3) is 0.143. The summed E-state index contributed by atoms with van der Waals surface area (Å²) < 4.78 is 5.10. The first-order valence-corrected chi connectivity index (χ1v) is 9.25. The first kappa shape index (κ1) is 18.8. The van der Waals surface area contributed by atoms with Crippen LogP contribution in [0.2, 0.25) is 0 Å². The number of para-hydroxylation sites is 1. The summed E-state index contributed by atoms with van der Waals surface area (Å²) >= 11 is 1.21. The lowest BCUT2D eigenvalue weighted by atomic mass is 10.1. The van der Waals surface area contributed by atoms with Gasteiger partial charge in [-0.1, -0.05) is 42.1 Å². The Morgan fingerprint density at radius 1 is 1.15 bits per heavy atom. The van der Waals surface area contributed by atoms with Crippen LogP contribution < -0.4 is 0 Å². The third-order valence-corrected chi connectivity index (χ3v) is 4.92. The van der Waals surface area contributed by atoms with E-state index in [9.17, 15) is 15.0 Å². The lowest BCUT2D eigenvalue weighted by molar-refractivity contribution is -0.138. The molecule has 0 saturated heterocycles. The molecule has 3 rings (SSSR count). The molecular weight excluding hydrogens is 362 g/mol. The molecule has 0 spiro atoms. The molecule has 27 heavy (non-hydrogen) atoms. The second kappa shape index (κ2) is 8.14. The van der Waals surface area contributed by atoms with Gasteiger partial charge in [0.25, 0.3) is 0 Å². The van der Waals surface area contributed by atoms with E-state index in [4.69, 9.17) is 4.74 Å². The first-order valence-electron chi connectivity index (χ1n) is 8.43. The van der Waals surface area contributed by atoms with Gasteiger partial charge in [0.2, 0.25) is 0 Å². The predicted octanol–water partition coefficient (Wildman–Crippen LogP) is 4.89. The molecule has 0 amide bonds. The summed E-state index contributed by atoms with van der Waals surface area (Å²) in [5, 5.41) is 20.4. The maximum atomic E-state index is 12.4. The molecule has 2 aromatic rings. The SMILES string of the molecule is CCOC(=O)C1=C(O)C(=Cc2ccc(O)cc2)SC1=Nc1ccccc1C. The van der Waals surface area contributed by atoms with Gasteiger partial charge in [-0.25, -0.2) is 9.79 Å². The van der Waals surface area contributed by atoms with E-state index in [1.54, 1.807) is 37.3 Å². The van der Waals surface area contributed by atoms with E-state index < -0.39 is 5.97 Å². The summed E-state index contributed by atoms with van der Waals surface area (Å²) in [6, 6.07) is 14.1. The highest BCUT2D eigenvalue weighted by atomic mass is 32.2. The normalized spacial score (nSPS) is 17.0.